The molecule has 0 atom stereocenters. The van der Waals surface area contributed by atoms with Crippen LogP contribution >= 0.6 is 12.2 Å². The molecule has 0 spiro atoms. The van der Waals surface area contributed by atoms with Crippen molar-refractivity contribution < 1.29 is 9.53 Å². The van der Waals surface area contributed by atoms with E-state index in [1.54, 1.807) is 0 Å². The molecule has 0 saturated heterocycles. The molecule has 6 heteroatoms. The maximum atomic E-state index is 11.5. The van der Waals surface area contributed by atoms with Gasteiger partial charge in [-0.25, -0.2) is 4.79 Å². The number of carbonyl (C=O) groups excluding carboxylic acids is 1. The number of carbonyl (C=O) groups is 1. The molecular weight excluding hydrogens is 298 g/mol. The quantitative estimate of drug-likeness (QED) is 0.587. The lowest BCUT2D eigenvalue weighted by atomic mass is 10.1. The van der Waals surface area contributed by atoms with E-state index in [4.69, 9.17) is 17.0 Å². The predicted molar refractivity (Wildman–Crippen MR) is 94.4 cm³/mol. The largest absolute Gasteiger partial charge is 0.444 e. The molecule has 122 valence electrons. The van der Waals surface area contributed by atoms with Crippen LogP contribution in [0.1, 0.15) is 31.9 Å². The van der Waals surface area contributed by atoms with Gasteiger partial charge in [0, 0.05) is 18.8 Å². The van der Waals surface area contributed by atoms with Crippen LogP contribution in [0.5, 0.6) is 0 Å². The van der Waals surface area contributed by atoms with Crippen molar-refractivity contribution in [3.8, 4) is 0 Å². The number of alkyl carbamates (subject to hydrolysis) is 1. The zero-order valence-corrected chi connectivity index (χ0v) is 14.7. The third-order valence-electron chi connectivity index (χ3n) is 2.84. The molecule has 1 rings (SSSR count). The van der Waals surface area contributed by atoms with Crippen LogP contribution in [-0.4, -0.2) is 29.9 Å². The first-order chi connectivity index (χ1) is 10.2. The second-order valence-electron chi connectivity index (χ2n) is 6.11. The summed E-state index contributed by atoms with van der Waals surface area (Å²) < 4.78 is 5.14. The maximum Gasteiger partial charge on any atom is 0.407 e. The molecule has 0 aliphatic heterocycles. The second-order valence-corrected chi connectivity index (χ2v) is 6.52. The van der Waals surface area contributed by atoms with Gasteiger partial charge in [0.25, 0.3) is 0 Å². The van der Waals surface area contributed by atoms with E-state index in [0.717, 1.165) is 5.69 Å². The van der Waals surface area contributed by atoms with Crippen LogP contribution in [0.3, 0.4) is 0 Å². The molecule has 0 fully saturated rings. The normalized spacial score (nSPS) is 10.8. The number of hydrogen-bond acceptors (Lipinski definition) is 3. The lowest BCUT2D eigenvalue weighted by Crippen LogP contribution is -2.39. The summed E-state index contributed by atoms with van der Waals surface area (Å²) in [6.45, 7) is 10.6. The molecule has 1 aromatic carbocycles. The molecule has 1 aromatic rings. The Morgan fingerprint density at radius 3 is 2.36 bits per heavy atom. The molecule has 0 aromatic heterocycles. The summed E-state index contributed by atoms with van der Waals surface area (Å²) in [6.07, 6.45) is -0.428. The van der Waals surface area contributed by atoms with Gasteiger partial charge >= 0.3 is 6.09 Å². The minimum atomic E-state index is -0.488. The van der Waals surface area contributed by atoms with Gasteiger partial charge in [0.1, 0.15) is 5.60 Å². The van der Waals surface area contributed by atoms with E-state index in [9.17, 15) is 4.79 Å². The SMILES string of the molecule is Cc1ccc(NC(=S)NCCNC(=O)OC(C)(C)C)cc1C. The molecule has 22 heavy (non-hydrogen) atoms. The van der Waals surface area contributed by atoms with Crippen molar-refractivity contribution in [3.05, 3.63) is 29.3 Å². The second kappa shape index (κ2) is 7.98. The average Bonchev–Trinajstić information content (AvgIpc) is 2.37. The molecule has 3 N–H and O–H groups in total. The van der Waals surface area contributed by atoms with Gasteiger partial charge in [-0.1, -0.05) is 6.07 Å². The van der Waals surface area contributed by atoms with Crippen molar-refractivity contribution in [2.24, 2.45) is 0 Å². The minimum Gasteiger partial charge on any atom is -0.444 e. The highest BCUT2D eigenvalue weighted by Crippen LogP contribution is 2.13. The van der Waals surface area contributed by atoms with E-state index in [1.807, 2.05) is 39.0 Å². The Morgan fingerprint density at radius 1 is 1.14 bits per heavy atom. The summed E-state index contributed by atoms with van der Waals surface area (Å²) in [5.74, 6) is 0. The molecule has 0 aliphatic carbocycles. The van der Waals surface area contributed by atoms with Gasteiger partial charge in [0.05, 0.1) is 0 Å². The Bertz CT molecular complexity index is 539. The number of rotatable bonds is 4. The molecule has 0 heterocycles. The number of anilines is 1. The van der Waals surface area contributed by atoms with Crippen molar-refractivity contribution in [1.82, 2.24) is 10.6 Å². The molecule has 0 saturated carbocycles. The highest BCUT2D eigenvalue weighted by molar-refractivity contribution is 7.80. The lowest BCUT2D eigenvalue weighted by molar-refractivity contribution is 0.0529. The van der Waals surface area contributed by atoms with Crippen LogP contribution in [0.25, 0.3) is 0 Å². The monoisotopic (exact) mass is 323 g/mol. The summed E-state index contributed by atoms with van der Waals surface area (Å²) in [7, 11) is 0. The third-order valence-corrected chi connectivity index (χ3v) is 3.09. The lowest BCUT2D eigenvalue weighted by Gasteiger charge is -2.19. The minimum absolute atomic E-state index is 0.428. The molecule has 0 aliphatic rings. The highest BCUT2D eigenvalue weighted by Gasteiger charge is 2.15. The van der Waals surface area contributed by atoms with Gasteiger partial charge in [0.2, 0.25) is 0 Å². The number of benzene rings is 1. The van der Waals surface area contributed by atoms with Crippen molar-refractivity contribution in [1.29, 1.82) is 0 Å². The van der Waals surface area contributed by atoms with Gasteiger partial charge in [-0.05, 0) is 70.1 Å². The number of hydrogen-bond donors (Lipinski definition) is 3. The predicted octanol–water partition coefficient (Wildman–Crippen LogP) is 3.11. The molecule has 5 nitrogen and oxygen atoms in total. The first kappa shape index (κ1) is 18.2. The number of nitrogens with one attached hydrogen (secondary N) is 3. The zero-order valence-electron chi connectivity index (χ0n) is 13.9. The number of thiocarbonyl (C=S) groups is 1. The fourth-order valence-corrected chi connectivity index (χ4v) is 1.87. The molecular formula is C16H25N3O2S. The van der Waals surface area contributed by atoms with Crippen LogP contribution in [0.2, 0.25) is 0 Å². The van der Waals surface area contributed by atoms with E-state index in [-0.39, 0.29) is 0 Å². The van der Waals surface area contributed by atoms with E-state index >= 15 is 0 Å². The van der Waals surface area contributed by atoms with E-state index < -0.39 is 11.7 Å². The zero-order chi connectivity index (χ0) is 16.8. The third kappa shape index (κ3) is 7.26. The summed E-state index contributed by atoms with van der Waals surface area (Å²) in [4.78, 5) is 11.5. The van der Waals surface area contributed by atoms with Crippen molar-refractivity contribution in [3.63, 3.8) is 0 Å². The summed E-state index contributed by atoms with van der Waals surface area (Å²) in [5.41, 5.74) is 2.91. The number of amides is 1. The Labute approximate surface area is 137 Å². The van der Waals surface area contributed by atoms with Crippen LogP contribution < -0.4 is 16.0 Å². The molecule has 0 bridgehead atoms. The summed E-state index contributed by atoms with van der Waals surface area (Å²) in [5, 5.41) is 9.33. The van der Waals surface area contributed by atoms with Crippen LogP contribution in [0, 0.1) is 13.8 Å². The summed E-state index contributed by atoms with van der Waals surface area (Å²) >= 11 is 5.21. The van der Waals surface area contributed by atoms with Crippen molar-refractivity contribution in [2.75, 3.05) is 18.4 Å². The van der Waals surface area contributed by atoms with Gasteiger partial charge in [-0.3, -0.25) is 0 Å². The van der Waals surface area contributed by atoms with E-state index in [0.29, 0.717) is 18.2 Å². The Hall–Kier alpha value is -1.82. The van der Waals surface area contributed by atoms with Gasteiger partial charge in [-0.2, -0.15) is 0 Å². The fraction of sp³-hybridized carbons (Fsp3) is 0.500. The first-order valence-corrected chi connectivity index (χ1v) is 7.67. The molecule has 1 amide bonds. The maximum absolute atomic E-state index is 11.5. The Kier molecular flexibility index (Phi) is 6.61. The average molecular weight is 323 g/mol. The number of aryl methyl sites for hydroxylation is 2. The smallest absolute Gasteiger partial charge is 0.407 e. The Morgan fingerprint density at radius 2 is 1.77 bits per heavy atom. The van der Waals surface area contributed by atoms with Crippen LogP contribution in [-0.2, 0) is 4.74 Å². The van der Waals surface area contributed by atoms with E-state index in [1.165, 1.54) is 11.1 Å². The fourth-order valence-electron chi connectivity index (χ4n) is 1.65. The van der Waals surface area contributed by atoms with Crippen LogP contribution in [0.4, 0.5) is 10.5 Å². The van der Waals surface area contributed by atoms with Gasteiger partial charge < -0.3 is 20.7 Å². The van der Waals surface area contributed by atoms with Crippen LogP contribution in [0.15, 0.2) is 18.2 Å². The molecule has 0 radical (unpaired) electrons. The Balaban J connectivity index is 2.26. The molecule has 0 unspecified atom stereocenters. The first-order valence-electron chi connectivity index (χ1n) is 7.26. The van der Waals surface area contributed by atoms with Gasteiger partial charge in [0.15, 0.2) is 5.11 Å². The highest BCUT2D eigenvalue weighted by atomic mass is 32.1. The van der Waals surface area contributed by atoms with Crippen molar-refractivity contribution in [2.45, 2.75) is 40.2 Å². The summed E-state index contributed by atoms with van der Waals surface area (Å²) in [6, 6.07) is 6.07. The number of ether oxygens (including phenoxy) is 1. The van der Waals surface area contributed by atoms with Crippen molar-refractivity contribution >= 4 is 29.1 Å². The van der Waals surface area contributed by atoms with Gasteiger partial charge in [-0.15, -0.1) is 0 Å². The topological polar surface area (TPSA) is 62.4 Å². The standard InChI is InChI=1S/C16H25N3O2S/c1-11-6-7-13(10-12(11)2)19-14(22)17-8-9-18-15(20)21-16(3,4)5/h6-7,10H,8-9H2,1-5H3,(H,18,20)(H2,17,19,22). The van der Waals surface area contributed by atoms with E-state index in [2.05, 4.69) is 29.8 Å².